The molecule has 106 valence electrons. The number of aryl methyl sites for hydroxylation is 1. The van der Waals surface area contributed by atoms with E-state index in [9.17, 15) is 15.2 Å². The van der Waals surface area contributed by atoms with E-state index in [1.165, 1.54) is 12.4 Å². The van der Waals surface area contributed by atoms with Crippen LogP contribution < -0.4 is 0 Å². The highest BCUT2D eigenvalue weighted by molar-refractivity contribution is 5.20. The number of likely N-dealkylation sites (tertiary alicyclic amines) is 1. The zero-order chi connectivity index (χ0) is 13.7. The number of hydrogen-bond acceptors (Lipinski definition) is 5. The molecule has 1 N–H and O–H groups in total. The number of aliphatic hydroxyl groups is 1. The lowest BCUT2D eigenvalue weighted by atomic mass is 10.1. The second-order valence-electron chi connectivity index (χ2n) is 5.02. The molecule has 1 unspecified atom stereocenters. The van der Waals surface area contributed by atoms with Crippen molar-refractivity contribution in [2.24, 2.45) is 0 Å². The SMILES string of the molecule is O=[N+]([O-])c1cnn(CCCCN2CCCC(O)C2)c1. The third-order valence-corrected chi connectivity index (χ3v) is 3.42. The third kappa shape index (κ3) is 4.29. The molecule has 0 aromatic carbocycles. The van der Waals surface area contributed by atoms with Crippen molar-refractivity contribution in [2.75, 3.05) is 19.6 Å². The van der Waals surface area contributed by atoms with Crippen molar-refractivity contribution in [1.29, 1.82) is 0 Å². The van der Waals surface area contributed by atoms with Crippen molar-refractivity contribution >= 4 is 5.69 Å². The fourth-order valence-corrected chi connectivity index (χ4v) is 2.41. The van der Waals surface area contributed by atoms with Gasteiger partial charge in [-0.25, -0.2) is 0 Å². The molecular weight excluding hydrogens is 248 g/mol. The number of nitro groups is 1. The fraction of sp³-hybridized carbons (Fsp3) is 0.750. The summed E-state index contributed by atoms with van der Waals surface area (Å²) in [7, 11) is 0. The van der Waals surface area contributed by atoms with E-state index in [2.05, 4.69) is 10.00 Å². The van der Waals surface area contributed by atoms with Crippen LogP contribution in [0.5, 0.6) is 0 Å². The van der Waals surface area contributed by atoms with Gasteiger partial charge in [-0.05, 0) is 38.8 Å². The largest absolute Gasteiger partial charge is 0.392 e. The maximum atomic E-state index is 10.5. The van der Waals surface area contributed by atoms with Crippen molar-refractivity contribution in [1.82, 2.24) is 14.7 Å². The van der Waals surface area contributed by atoms with Crippen LogP contribution in [-0.4, -0.2) is 50.4 Å². The molecule has 2 rings (SSSR count). The highest BCUT2D eigenvalue weighted by atomic mass is 16.6. The van der Waals surface area contributed by atoms with Crippen LogP contribution in [0.3, 0.4) is 0 Å². The Balaban J connectivity index is 1.64. The minimum atomic E-state index is -0.432. The molecule has 0 aliphatic carbocycles. The minimum Gasteiger partial charge on any atom is -0.392 e. The summed E-state index contributed by atoms with van der Waals surface area (Å²) < 4.78 is 1.61. The van der Waals surface area contributed by atoms with Gasteiger partial charge in [0.15, 0.2) is 0 Å². The van der Waals surface area contributed by atoms with Gasteiger partial charge >= 0.3 is 5.69 Å². The summed E-state index contributed by atoms with van der Waals surface area (Å²) in [5.74, 6) is 0. The molecule has 7 nitrogen and oxygen atoms in total. The number of aliphatic hydroxyl groups excluding tert-OH is 1. The Morgan fingerprint density at radius 3 is 2.95 bits per heavy atom. The lowest BCUT2D eigenvalue weighted by Gasteiger charge is -2.29. The van der Waals surface area contributed by atoms with E-state index >= 15 is 0 Å². The highest BCUT2D eigenvalue weighted by Gasteiger charge is 2.16. The first-order chi connectivity index (χ1) is 9.15. The summed E-state index contributed by atoms with van der Waals surface area (Å²) in [4.78, 5) is 12.3. The first kappa shape index (κ1) is 14.0. The molecule has 0 saturated carbocycles. The normalized spacial score (nSPS) is 20.6. The summed E-state index contributed by atoms with van der Waals surface area (Å²) in [6, 6.07) is 0. The van der Waals surface area contributed by atoms with Gasteiger partial charge in [0.25, 0.3) is 0 Å². The minimum absolute atomic E-state index is 0.0409. The lowest BCUT2D eigenvalue weighted by Crippen LogP contribution is -2.38. The number of hydrogen-bond donors (Lipinski definition) is 1. The van der Waals surface area contributed by atoms with E-state index in [1.807, 2.05) is 0 Å². The zero-order valence-corrected chi connectivity index (χ0v) is 10.9. The summed E-state index contributed by atoms with van der Waals surface area (Å²) in [6.45, 7) is 3.50. The lowest BCUT2D eigenvalue weighted by molar-refractivity contribution is -0.385. The maximum absolute atomic E-state index is 10.5. The van der Waals surface area contributed by atoms with Crippen LogP contribution in [0.1, 0.15) is 25.7 Å². The van der Waals surface area contributed by atoms with Gasteiger partial charge in [-0.1, -0.05) is 0 Å². The Labute approximate surface area is 112 Å². The molecule has 19 heavy (non-hydrogen) atoms. The quantitative estimate of drug-likeness (QED) is 0.473. The smallest absolute Gasteiger partial charge is 0.306 e. The average Bonchev–Trinajstić information content (AvgIpc) is 2.84. The van der Waals surface area contributed by atoms with E-state index in [4.69, 9.17) is 0 Å². The van der Waals surface area contributed by atoms with Gasteiger partial charge < -0.3 is 10.0 Å². The first-order valence-corrected chi connectivity index (χ1v) is 6.72. The van der Waals surface area contributed by atoms with Crippen molar-refractivity contribution in [3.8, 4) is 0 Å². The Bertz CT molecular complexity index is 421. The Morgan fingerprint density at radius 1 is 1.47 bits per heavy atom. The van der Waals surface area contributed by atoms with Crippen LogP contribution in [0.25, 0.3) is 0 Å². The standard InChI is InChI=1S/C12H20N4O3/c17-12-4-3-6-14(10-12)5-1-2-7-15-9-11(8-13-15)16(18)19/h8-9,12,17H,1-7,10H2. The van der Waals surface area contributed by atoms with Gasteiger partial charge in [0.1, 0.15) is 12.4 Å². The molecule has 0 amide bonds. The van der Waals surface area contributed by atoms with Gasteiger partial charge in [-0.2, -0.15) is 5.10 Å². The molecule has 1 aromatic rings. The molecule has 1 aromatic heterocycles. The summed E-state index contributed by atoms with van der Waals surface area (Å²) >= 11 is 0. The second-order valence-corrected chi connectivity index (χ2v) is 5.02. The van der Waals surface area contributed by atoms with Crippen LogP contribution in [0.4, 0.5) is 5.69 Å². The number of rotatable bonds is 6. The average molecular weight is 268 g/mol. The van der Waals surface area contributed by atoms with Crippen molar-refractivity contribution in [3.63, 3.8) is 0 Å². The molecule has 7 heteroatoms. The van der Waals surface area contributed by atoms with Gasteiger partial charge in [-0.3, -0.25) is 14.8 Å². The van der Waals surface area contributed by atoms with E-state index in [1.54, 1.807) is 4.68 Å². The van der Waals surface area contributed by atoms with E-state index < -0.39 is 4.92 Å². The van der Waals surface area contributed by atoms with Gasteiger partial charge in [0.05, 0.1) is 11.0 Å². The number of unbranched alkanes of at least 4 members (excludes halogenated alkanes) is 1. The molecule has 1 atom stereocenters. The molecule has 0 spiro atoms. The third-order valence-electron chi connectivity index (χ3n) is 3.42. The first-order valence-electron chi connectivity index (χ1n) is 6.72. The molecule has 1 saturated heterocycles. The van der Waals surface area contributed by atoms with Crippen molar-refractivity contribution < 1.29 is 10.0 Å². The fourth-order valence-electron chi connectivity index (χ4n) is 2.41. The van der Waals surface area contributed by atoms with Gasteiger partial charge in [0.2, 0.25) is 0 Å². The maximum Gasteiger partial charge on any atom is 0.306 e. The van der Waals surface area contributed by atoms with Crippen LogP contribution in [0.2, 0.25) is 0 Å². The van der Waals surface area contributed by atoms with Crippen LogP contribution >= 0.6 is 0 Å². The number of nitrogens with zero attached hydrogens (tertiary/aromatic N) is 4. The molecule has 1 aliphatic heterocycles. The molecule has 1 aliphatic rings. The van der Waals surface area contributed by atoms with Crippen LogP contribution in [0.15, 0.2) is 12.4 Å². The van der Waals surface area contributed by atoms with Gasteiger partial charge in [-0.15, -0.1) is 0 Å². The molecule has 0 bridgehead atoms. The number of β-amino-alcohol motifs (C(OH)–C–C–N with tert-alkyl or cyclic N) is 1. The van der Waals surface area contributed by atoms with E-state index in [0.717, 1.165) is 45.3 Å². The number of piperidine rings is 1. The van der Waals surface area contributed by atoms with E-state index in [-0.39, 0.29) is 11.8 Å². The van der Waals surface area contributed by atoms with Crippen LogP contribution in [-0.2, 0) is 6.54 Å². The Hall–Kier alpha value is -1.47. The predicted octanol–water partition coefficient (Wildman–Crippen LogP) is 1.03. The van der Waals surface area contributed by atoms with E-state index in [0.29, 0.717) is 6.54 Å². The zero-order valence-electron chi connectivity index (χ0n) is 10.9. The predicted molar refractivity (Wildman–Crippen MR) is 69.8 cm³/mol. The van der Waals surface area contributed by atoms with Crippen molar-refractivity contribution in [3.05, 3.63) is 22.5 Å². The summed E-state index contributed by atoms with van der Waals surface area (Å²) in [6.07, 6.45) is 6.49. The number of aromatic nitrogens is 2. The molecule has 1 fully saturated rings. The Morgan fingerprint density at radius 2 is 2.26 bits per heavy atom. The topological polar surface area (TPSA) is 84.4 Å². The Kier molecular flexibility index (Phi) is 4.86. The molecular formula is C12H20N4O3. The summed E-state index contributed by atoms with van der Waals surface area (Å²) in [5, 5.41) is 24.0. The van der Waals surface area contributed by atoms with Crippen molar-refractivity contribution in [2.45, 2.75) is 38.3 Å². The summed E-state index contributed by atoms with van der Waals surface area (Å²) in [5.41, 5.74) is 0.0409. The molecule has 0 radical (unpaired) electrons. The van der Waals surface area contributed by atoms with Crippen LogP contribution in [0, 0.1) is 10.1 Å². The monoisotopic (exact) mass is 268 g/mol. The molecule has 2 heterocycles. The van der Waals surface area contributed by atoms with Gasteiger partial charge in [0, 0.05) is 13.1 Å². The second kappa shape index (κ2) is 6.63. The highest BCUT2D eigenvalue weighted by Crippen LogP contribution is 2.11.